The highest BCUT2D eigenvalue weighted by Crippen LogP contribution is 2.33. The number of ketones is 1. The highest BCUT2D eigenvalue weighted by Gasteiger charge is 2.31. The van der Waals surface area contributed by atoms with Crippen molar-refractivity contribution in [3.8, 4) is 0 Å². The van der Waals surface area contributed by atoms with E-state index >= 15 is 0 Å². The highest BCUT2D eigenvalue weighted by atomic mass is 35.5. The summed E-state index contributed by atoms with van der Waals surface area (Å²) in [5.74, 6) is -0.331. The lowest BCUT2D eigenvalue weighted by atomic mass is 10.1. The maximum atomic E-state index is 11.4. The van der Waals surface area contributed by atoms with Crippen LogP contribution in [-0.2, 0) is 6.42 Å². The molecule has 1 atom stereocenters. The minimum Gasteiger partial charge on any atom is -0.385 e. The molecule has 1 aliphatic carbocycles. The van der Waals surface area contributed by atoms with E-state index in [9.17, 15) is 9.90 Å². The van der Waals surface area contributed by atoms with Crippen LogP contribution < -0.4 is 0 Å². The molecule has 0 fully saturated rings. The van der Waals surface area contributed by atoms with Crippen molar-refractivity contribution in [3.63, 3.8) is 0 Å². The van der Waals surface area contributed by atoms with E-state index in [4.69, 9.17) is 23.2 Å². The number of rotatable bonds is 0. The first-order valence-corrected chi connectivity index (χ1v) is 4.56. The van der Waals surface area contributed by atoms with Crippen LogP contribution in [0.5, 0.6) is 0 Å². The van der Waals surface area contributed by atoms with Gasteiger partial charge in [0.1, 0.15) is 6.10 Å². The molecular weight excluding hydrogens is 211 g/mol. The first-order chi connectivity index (χ1) is 6.11. The standard InChI is InChI=1S/C9H6Cl2O2/c10-5-2-1-4-3-6(12)9(13)7(4)8(5)11/h1-2,6,12H,3H2. The van der Waals surface area contributed by atoms with Crippen LogP contribution in [0.2, 0.25) is 10.0 Å². The second kappa shape index (κ2) is 2.98. The third kappa shape index (κ3) is 1.26. The van der Waals surface area contributed by atoms with Gasteiger partial charge < -0.3 is 5.11 Å². The van der Waals surface area contributed by atoms with Gasteiger partial charge >= 0.3 is 0 Å². The number of carbonyl (C=O) groups excluding carboxylic acids is 1. The van der Waals surface area contributed by atoms with Crippen LogP contribution in [0.25, 0.3) is 0 Å². The van der Waals surface area contributed by atoms with Gasteiger partial charge in [0.2, 0.25) is 0 Å². The zero-order valence-electron chi connectivity index (χ0n) is 6.55. The summed E-state index contributed by atoms with van der Waals surface area (Å²) in [5.41, 5.74) is 1.15. The molecule has 1 aromatic rings. The minimum absolute atomic E-state index is 0.251. The van der Waals surface area contributed by atoms with Crippen LogP contribution in [-0.4, -0.2) is 17.0 Å². The lowest BCUT2D eigenvalue weighted by Gasteiger charge is -2.01. The summed E-state index contributed by atoms with van der Waals surface area (Å²) >= 11 is 11.6. The Morgan fingerprint density at radius 1 is 1.38 bits per heavy atom. The largest absolute Gasteiger partial charge is 0.385 e. The Labute approximate surface area is 85.1 Å². The number of hydrogen-bond donors (Lipinski definition) is 1. The number of aliphatic hydroxyl groups excluding tert-OH is 1. The average molecular weight is 217 g/mol. The van der Waals surface area contributed by atoms with Gasteiger partial charge in [-0.2, -0.15) is 0 Å². The van der Waals surface area contributed by atoms with E-state index in [2.05, 4.69) is 0 Å². The van der Waals surface area contributed by atoms with Crippen molar-refractivity contribution in [2.24, 2.45) is 0 Å². The summed E-state index contributed by atoms with van der Waals surface area (Å²) in [6.07, 6.45) is -0.614. The summed E-state index contributed by atoms with van der Waals surface area (Å²) in [6.45, 7) is 0. The van der Waals surface area contributed by atoms with Crippen molar-refractivity contribution in [2.75, 3.05) is 0 Å². The number of halogens is 2. The fourth-order valence-corrected chi connectivity index (χ4v) is 1.93. The van der Waals surface area contributed by atoms with Crippen LogP contribution in [0.3, 0.4) is 0 Å². The predicted molar refractivity (Wildman–Crippen MR) is 50.5 cm³/mol. The Kier molecular flexibility index (Phi) is 2.06. The second-order valence-electron chi connectivity index (χ2n) is 2.98. The van der Waals surface area contributed by atoms with Gasteiger partial charge in [0.25, 0.3) is 0 Å². The SMILES string of the molecule is O=C1c2c(ccc(Cl)c2Cl)CC1O. The predicted octanol–water partition coefficient (Wildman–Crippen LogP) is 2.09. The smallest absolute Gasteiger partial charge is 0.193 e. The molecule has 0 amide bonds. The number of fused-ring (bicyclic) bond motifs is 1. The monoisotopic (exact) mass is 216 g/mol. The molecule has 0 radical (unpaired) electrons. The zero-order chi connectivity index (χ0) is 9.59. The van der Waals surface area contributed by atoms with Crippen LogP contribution in [0, 0.1) is 0 Å². The molecule has 1 aliphatic rings. The molecule has 0 bridgehead atoms. The number of benzene rings is 1. The van der Waals surface area contributed by atoms with Gasteiger partial charge in [-0.25, -0.2) is 0 Å². The Morgan fingerprint density at radius 2 is 2.08 bits per heavy atom. The summed E-state index contributed by atoms with van der Waals surface area (Å²) < 4.78 is 0. The van der Waals surface area contributed by atoms with E-state index in [-0.39, 0.29) is 10.8 Å². The molecule has 13 heavy (non-hydrogen) atoms. The van der Waals surface area contributed by atoms with Gasteiger partial charge in [0.15, 0.2) is 5.78 Å². The van der Waals surface area contributed by atoms with Crippen LogP contribution in [0.1, 0.15) is 15.9 Å². The van der Waals surface area contributed by atoms with E-state index in [0.717, 1.165) is 5.56 Å². The fourth-order valence-electron chi connectivity index (χ4n) is 1.49. The maximum absolute atomic E-state index is 11.4. The summed E-state index contributed by atoms with van der Waals surface area (Å²) in [6, 6.07) is 3.35. The van der Waals surface area contributed by atoms with Gasteiger partial charge in [-0.15, -0.1) is 0 Å². The van der Waals surface area contributed by atoms with Crippen molar-refractivity contribution < 1.29 is 9.90 Å². The van der Waals surface area contributed by atoms with Crippen molar-refractivity contribution in [1.29, 1.82) is 0 Å². The van der Waals surface area contributed by atoms with Crippen LogP contribution >= 0.6 is 23.2 Å². The van der Waals surface area contributed by atoms with E-state index in [1.165, 1.54) is 0 Å². The number of Topliss-reactive ketones (excluding diaryl/α,β-unsaturated/α-hetero) is 1. The van der Waals surface area contributed by atoms with Gasteiger partial charge in [-0.05, 0) is 11.6 Å². The molecular formula is C9H6Cl2O2. The zero-order valence-corrected chi connectivity index (χ0v) is 8.06. The first-order valence-electron chi connectivity index (χ1n) is 3.80. The summed E-state index contributed by atoms with van der Waals surface area (Å²) in [7, 11) is 0. The Hall–Kier alpha value is -0.570. The van der Waals surface area contributed by atoms with Crippen molar-refractivity contribution in [3.05, 3.63) is 33.3 Å². The molecule has 68 valence electrons. The molecule has 0 saturated heterocycles. The van der Waals surface area contributed by atoms with E-state index in [1.807, 2.05) is 0 Å². The van der Waals surface area contributed by atoms with Crippen LogP contribution in [0.4, 0.5) is 0 Å². The molecule has 2 rings (SSSR count). The molecule has 0 aromatic heterocycles. The lowest BCUT2D eigenvalue weighted by Crippen LogP contribution is -2.14. The Balaban J connectivity index is 2.66. The molecule has 0 aliphatic heterocycles. The first kappa shape index (κ1) is 9.00. The molecule has 1 aromatic carbocycles. The molecule has 0 saturated carbocycles. The van der Waals surface area contributed by atoms with Crippen molar-refractivity contribution in [2.45, 2.75) is 12.5 Å². The number of carbonyl (C=O) groups is 1. The molecule has 2 nitrogen and oxygen atoms in total. The third-order valence-corrected chi connectivity index (χ3v) is 2.95. The molecule has 1 N–H and O–H groups in total. The van der Waals surface area contributed by atoms with E-state index in [0.29, 0.717) is 17.0 Å². The molecule has 1 unspecified atom stereocenters. The molecule has 0 spiro atoms. The second-order valence-corrected chi connectivity index (χ2v) is 3.76. The van der Waals surface area contributed by atoms with E-state index < -0.39 is 6.10 Å². The van der Waals surface area contributed by atoms with Crippen molar-refractivity contribution in [1.82, 2.24) is 0 Å². The number of aliphatic hydroxyl groups is 1. The van der Waals surface area contributed by atoms with Crippen molar-refractivity contribution >= 4 is 29.0 Å². The third-order valence-electron chi connectivity index (χ3n) is 2.14. The average Bonchev–Trinajstić information content (AvgIpc) is 2.37. The molecule has 0 heterocycles. The van der Waals surface area contributed by atoms with Gasteiger partial charge in [0.05, 0.1) is 10.0 Å². The van der Waals surface area contributed by atoms with Gasteiger partial charge in [-0.3, -0.25) is 4.79 Å². The van der Waals surface area contributed by atoms with Gasteiger partial charge in [-0.1, -0.05) is 29.3 Å². The lowest BCUT2D eigenvalue weighted by molar-refractivity contribution is 0.0780. The Morgan fingerprint density at radius 3 is 2.77 bits per heavy atom. The number of hydrogen-bond acceptors (Lipinski definition) is 2. The van der Waals surface area contributed by atoms with Crippen LogP contribution in [0.15, 0.2) is 12.1 Å². The molecule has 4 heteroatoms. The summed E-state index contributed by atoms with van der Waals surface area (Å²) in [5, 5.41) is 9.88. The fraction of sp³-hybridized carbons (Fsp3) is 0.222. The van der Waals surface area contributed by atoms with E-state index in [1.54, 1.807) is 12.1 Å². The maximum Gasteiger partial charge on any atom is 0.193 e. The quantitative estimate of drug-likeness (QED) is 0.722. The Bertz CT molecular complexity index is 387. The summed E-state index contributed by atoms with van der Waals surface area (Å²) in [4.78, 5) is 11.4. The minimum atomic E-state index is -0.953. The topological polar surface area (TPSA) is 37.3 Å². The van der Waals surface area contributed by atoms with Gasteiger partial charge in [0, 0.05) is 12.0 Å². The normalized spacial score (nSPS) is 20.5. The highest BCUT2D eigenvalue weighted by molar-refractivity contribution is 6.44.